The third-order valence-corrected chi connectivity index (χ3v) is 4.21. The Morgan fingerprint density at radius 2 is 2.10 bits per heavy atom. The zero-order chi connectivity index (χ0) is 15.1. The lowest BCUT2D eigenvalue weighted by atomic mass is 9.87. The molecule has 116 valence electrons. The molecule has 1 aliphatic carbocycles. The van der Waals surface area contributed by atoms with Gasteiger partial charge in [-0.15, -0.1) is 0 Å². The Kier molecular flexibility index (Phi) is 6.18. The minimum atomic E-state index is -0.216. The topological polar surface area (TPSA) is 50.4 Å². The van der Waals surface area contributed by atoms with Gasteiger partial charge < -0.3 is 15.4 Å². The summed E-state index contributed by atoms with van der Waals surface area (Å²) in [6, 6.07) is 4.93. The van der Waals surface area contributed by atoms with Crippen molar-refractivity contribution in [2.75, 3.05) is 19.0 Å². The predicted octanol–water partition coefficient (Wildman–Crippen LogP) is 4.44. The molecule has 1 aromatic carbocycles. The first kappa shape index (κ1) is 16.0. The van der Waals surface area contributed by atoms with Gasteiger partial charge in [-0.1, -0.05) is 43.7 Å². The van der Waals surface area contributed by atoms with Gasteiger partial charge in [0.15, 0.2) is 0 Å². The van der Waals surface area contributed by atoms with E-state index in [0.29, 0.717) is 23.0 Å². The van der Waals surface area contributed by atoms with Crippen molar-refractivity contribution in [3.8, 4) is 5.75 Å². The van der Waals surface area contributed by atoms with Gasteiger partial charge in [0.2, 0.25) is 0 Å². The smallest absolute Gasteiger partial charge is 0.319 e. The molecule has 1 saturated carbocycles. The summed E-state index contributed by atoms with van der Waals surface area (Å²) in [6.07, 6.45) is 7.67. The van der Waals surface area contributed by atoms with Crippen LogP contribution in [0.5, 0.6) is 5.75 Å². The van der Waals surface area contributed by atoms with Gasteiger partial charge in [0.25, 0.3) is 0 Å². The summed E-state index contributed by atoms with van der Waals surface area (Å²) in [7, 11) is 1.56. The molecule has 0 radical (unpaired) electrons. The number of ether oxygens (including phenoxy) is 1. The van der Waals surface area contributed by atoms with Gasteiger partial charge in [0.05, 0.1) is 12.8 Å². The van der Waals surface area contributed by atoms with E-state index in [-0.39, 0.29) is 6.03 Å². The lowest BCUT2D eigenvalue weighted by molar-refractivity contribution is 0.250. The second-order valence-corrected chi connectivity index (χ2v) is 5.95. The van der Waals surface area contributed by atoms with Crippen molar-refractivity contribution in [1.29, 1.82) is 0 Å². The quantitative estimate of drug-likeness (QED) is 0.844. The molecule has 2 rings (SSSR count). The maximum Gasteiger partial charge on any atom is 0.319 e. The molecule has 21 heavy (non-hydrogen) atoms. The molecule has 1 aromatic rings. The van der Waals surface area contributed by atoms with Crippen LogP contribution in [0.2, 0.25) is 5.02 Å². The molecule has 1 aliphatic rings. The Hall–Kier alpha value is -1.42. The van der Waals surface area contributed by atoms with Crippen LogP contribution in [0.4, 0.5) is 10.5 Å². The number of hydrogen-bond acceptors (Lipinski definition) is 2. The minimum Gasteiger partial charge on any atom is -0.495 e. The fourth-order valence-corrected chi connectivity index (χ4v) is 2.98. The maximum atomic E-state index is 11.9. The van der Waals surface area contributed by atoms with Gasteiger partial charge in [-0.2, -0.15) is 0 Å². The van der Waals surface area contributed by atoms with Gasteiger partial charge in [-0.25, -0.2) is 4.79 Å². The Labute approximate surface area is 131 Å². The van der Waals surface area contributed by atoms with E-state index in [1.165, 1.54) is 32.1 Å². The summed E-state index contributed by atoms with van der Waals surface area (Å²) in [5.74, 6) is 1.36. The van der Waals surface area contributed by atoms with Crippen LogP contribution in [0.1, 0.15) is 38.5 Å². The lowest BCUT2D eigenvalue weighted by Gasteiger charge is -2.21. The first-order valence-electron chi connectivity index (χ1n) is 7.57. The van der Waals surface area contributed by atoms with Crippen molar-refractivity contribution in [1.82, 2.24) is 5.32 Å². The highest BCUT2D eigenvalue weighted by molar-refractivity contribution is 6.31. The lowest BCUT2D eigenvalue weighted by Crippen LogP contribution is -2.30. The van der Waals surface area contributed by atoms with Crippen molar-refractivity contribution in [3.05, 3.63) is 23.2 Å². The summed E-state index contributed by atoms with van der Waals surface area (Å²) in [5.41, 5.74) is 0.583. The van der Waals surface area contributed by atoms with Crippen molar-refractivity contribution in [2.45, 2.75) is 38.5 Å². The van der Waals surface area contributed by atoms with Crippen molar-refractivity contribution in [2.24, 2.45) is 5.92 Å². The van der Waals surface area contributed by atoms with Gasteiger partial charge in [-0.05, 0) is 30.5 Å². The van der Waals surface area contributed by atoms with Crippen LogP contribution >= 0.6 is 11.6 Å². The first-order chi connectivity index (χ1) is 10.2. The van der Waals surface area contributed by atoms with Crippen LogP contribution in [0, 0.1) is 5.92 Å². The summed E-state index contributed by atoms with van der Waals surface area (Å²) in [4.78, 5) is 11.9. The second kappa shape index (κ2) is 8.13. The summed E-state index contributed by atoms with van der Waals surface area (Å²) in [5, 5.41) is 6.24. The largest absolute Gasteiger partial charge is 0.495 e. The Balaban J connectivity index is 1.77. The molecule has 0 bridgehead atoms. The van der Waals surface area contributed by atoms with Crippen LogP contribution in [0.3, 0.4) is 0 Å². The van der Waals surface area contributed by atoms with Crippen LogP contribution in [0.15, 0.2) is 18.2 Å². The van der Waals surface area contributed by atoms with E-state index in [1.807, 2.05) is 0 Å². The van der Waals surface area contributed by atoms with Crippen LogP contribution in [-0.2, 0) is 0 Å². The molecule has 0 heterocycles. The molecule has 1 fully saturated rings. The molecule has 2 amide bonds. The van der Waals surface area contributed by atoms with Gasteiger partial charge >= 0.3 is 6.03 Å². The molecule has 2 N–H and O–H groups in total. The third kappa shape index (κ3) is 5.12. The summed E-state index contributed by atoms with van der Waals surface area (Å²) in [6.45, 7) is 0.708. The zero-order valence-corrected chi connectivity index (χ0v) is 13.2. The molecule has 0 saturated heterocycles. The number of hydrogen-bond donors (Lipinski definition) is 2. The Bertz CT molecular complexity index is 473. The number of rotatable bonds is 5. The third-order valence-electron chi connectivity index (χ3n) is 3.97. The minimum absolute atomic E-state index is 0.216. The SMILES string of the molecule is COc1ccc(Cl)cc1NC(=O)NCCC1CCCCC1. The highest BCUT2D eigenvalue weighted by atomic mass is 35.5. The van der Waals surface area contributed by atoms with Crippen LogP contribution in [0.25, 0.3) is 0 Å². The maximum absolute atomic E-state index is 11.9. The zero-order valence-electron chi connectivity index (χ0n) is 12.5. The van der Waals surface area contributed by atoms with E-state index in [1.54, 1.807) is 25.3 Å². The van der Waals surface area contributed by atoms with E-state index < -0.39 is 0 Å². The monoisotopic (exact) mass is 310 g/mol. The second-order valence-electron chi connectivity index (χ2n) is 5.52. The number of amides is 2. The van der Waals surface area contributed by atoms with Gasteiger partial charge in [0.1, 0.15) is 5.75 Å². The van der Waals surface area contributed by atoms with Crippen LogP contribution in [-0.4, -0.2) is 19.7 Å². The van der Waals surface area contributed by atoms with Crippen molar-refractivity contribution in [3.63, 3.8) is 0 Å². The fourth-order valence-electron chi connectivity index (χ4n) is 2.81. The molecule has 4 nitrogen and oxygen atoms in total. The van der Waals surface area contributed by atoms with Crippen molar-refractivity contribution >= 4 is 23.3 Å². The molecule has 0 aliphatic heterocycles. The number of benzene rings is 1. The number of methoxy groups -OCH3 is 1. The van der Waals surface area contributed by atoms with Crippen LogP contribution < -0.4 is 15.4 Å². The molecule has 0 spiro atoms. The molecule has 0 atom stereocenters. The number of carbonyl (C=O) groups excluding carboxylic acids is 1. The predicted molar refractivity (Wildman–Crippen MR) is 86.2 cm³/mol. The average Bonchev–Trinajstić information content (AvgIpc) is 2.48. The van der Waals surface area contributed by atoms with Gasteiger partial charge in [0, 0.05) is 11.6 Å². The molecule has 0 aromatic heterocycles. The summed E-state index contributed by atoms with van der Waals surface area (Å²) < 4.78 is 5.20. The fraction of sp³-hybridized carbons (Fsp3) is 0.562. The van der Waals surface area contributed by atoms with Gasteiger partial charge in [-0.3, -0.25) is 0 Å². The molecular weight excluding hydrogens is 288 g/mol. The van der Waals surface area contributed by atoms with E-state index in [4.69, 9.17) is 16.3 Å². The molecule has 5 heteroatoms. The summed E-state index contributed by atoms with van der Waals surface area (Å²) >= 11 is 5.94. The normalized spacial score (nSPS) is 15.5. The Morgan fingerprint density at radius 3 is 2.81 bits per heavy atom. The van der Waals surface area contributed by atoms with E-state index in [0.717, 1.165) is 12.3 Å². The first-order valence-corrected chi connectivity index (χ1v) is 7.95. The number of halogens is 1. The average molecular weight is 311 g/mol. The van der Waals surface area contributed by atoms with Crippen molar-refractivity contribution < 1.29 is 9.53 Å². The van der Waals surface area contributed by atoms with E-state index in [9.17, 15) is 4.79 Å². The number of anilines is 1. The van der Waals surface area contributed by atoms with E-state index in [2.05, 4.69) is 10.6 Å². The Morgan fingerprint density at radius 1 is 1.33 bits per heavy atom. The molecular formula is C16H23ClN2O2. The number of carbonyl (C=O) groups is 1. The molecule has 0 unspecified atom stereocenters. The van der Waals surface area contributed by atoms with E-state index >= 15 is 0 Å². The number of nitrogens with one attached hydrogen (secondary N) is 2. The number of urea groups is 1. The highest BCUT2D eigenvalue weighted by Gasteiger charge is 2.13. The highest BCUT2D eigenvalue weighted by Crippen LogP contribution is 2.28. The standard InChI is InChI=1S/C16H23ClN2O2/c1-21-15-8-7-13(17)11-14(15)19-16(20)18-10-9-12-5-3-2-4-6-12/h7-8,11-12H,2-6,9-10H2,1H3,(H2,18,19,20).